The molecule has 0 N–H and O–H groups in total. The Balaban J connectivity index is 2.37. The molecule has 0 saturated carbocycles. The van der Waals surface area contributed by atoms with Crippen molar-refractivity contribution in [3.8, 4) is 5.75 Å². The molecule has 4 nitrogen and oxygen atoms in total. The van der Waals surface area contributed by atoms with E-state index < -0.39 is 10.0 Å². The second-order valence-corrected chi connectivity index (χ2v) is 6.78. The summed E-state index contributed by atoms with van der Waals surface area (Å²) in [5.41, 5.74) is 3.16. The van der Waals surface area contributed by atoms with Crippen LogP contribution >= 0.6 is 0 Å². The predicted octanol–water partition coefficient (Wildman–Crippen LogP) is 3.43. The van der Waals surface area contributed by atoms with E-state index in [4.69, 9.17) is 4.74 Å². The number of nitrogens with zero attached hydrogens (tertiary/aromatic N) is 1. The first kappa shape index (κ1) is 16.2. The van der Waals surface area contributed by atoms with Gasteiger partial charge in [-0.05, 0) is 61.7 Å². The van der Waals surface area contributed by atoms with Gasteiger partial charge in [0.2, 0.25) is 0 Å². The lowest BCUT2D eigenvalue weighted by molar-refractivity contribution is 0.415. The Kier molecular flexibility index (Phi) is 4.66. The van der Waals surface area contributed by atoms with E-state index in [1.165, 1.54) is 6.21 Å². The Bertz CT molecular complexity index is 783. The Morgan fingerprint density at radius 3 is 2.05 bits per heavy atom. The number of sulfonamides is 1. The van der Waals surface area contributed by atoms with E-state index in [0.29, 0.717) is 22.4 Å². The third kappa shape index (κ3) is 3.54. The molecule has 0 heterocycles. The van der Waals surface area contributed by atoms with Gasteiger partial charge in [-0.2, -0.15) is 12.8 Å². The molecule has 0 amide bonds. The van der Waals surface area contributed by atoms with Gasteiger partial charge in [0.15, 0.2) is 0 Å². The first-order chi connectivity index (χ1) is 10.3. The first-order valence-corrected chi connectivity index (χ1v) is 8.30. The summed E-state index contributed by atoms with van der Waals surface area (Å²) >= 11 is 0. The standard InChI is InChI=1S/C17H19NO3S/c1-12-9-13(2)17(14(3)10-12)22(19,20)18-11-15-5-7-16(21-4)8-6-15/h5-11H,1-4H3/b18-11-. The zero-order chi connectivity index (χ0) is 16.3. The Labute approximate surface area is 131 Å². The molecule has 2 rings (SSSR count). The summed E-state index contributed by atoms with van der Waals surface area (Å²) in [5, 5.41) is 0. The highest BCUT2D eigenvalue weighted by atomic mass is 32.2. The van der Waals surface area contributed by atoms with Crippen molar-refractivity contribution in [2.24, 2.45) is 4.40 Å². The van der Waals surface area contributed by atoms with Crippen molar-refractivity contribution in [1.82, 2.24) is 0 Å². The topological polar surface area (TPSA) is 55.7 Å². The van der Waals surface area contributed by atoms with Gasteiger partial charge >= 0.3 is 0 Å². The van der Waals surface area contributed by atoms with Crippen LogP contribution in [0.2, 0.25) is 0 Å². The highest BCUT2D eigenvalue weighted by Crippen LogP contribution is 2.23. The van der Waals surface area contributed by atoms with Crippen LogP contribution in [0.1, 0.15) is 22.3 Å². The van der Waals surface area contributed by atoms with Crippen molar-refractivity contribution in [2.45, 2.75) is 25.7 Å². The van der Waals surface area contributed by atoms with Crippen LogP contribution < -0.4 is 4.74 Å². The van der Waals surface area contributed by atoms with E-state index in [9.17, 15) is 8.42 Å². The highest BCUT2D eigenvalue weighted by Gasteiger charge is 2.18. The Hall–Kier alpha value is -2.14. The normalized spacial score (nSPS) is 11.8. The van der Waals surface area contributed by atoms with Crippen LogP contribution in [0.4, 0.5) is 0 Å². The molecule has 0 atom stereocenters. The molecule has 0 aliphatic heterocycles. The lowest BCUT2D eigenvalue weighted by atomic mass is 10.1. The third-order valence-electron chi connectivity index (χ3n) is 3.32. The van der Waals surface area contributed by atoms with Crippen LogP contribution in [-0.4, -0.2) is 21.7 Å². The van der Waals surface area contributed by atoms with Gasteiger partial charge in [-0.15, -0.1) is 0 Å². The van der Waals surface area contributed by atoms with E-state index in [-0.39, 0.29) is 4.90 Å². The fourth-order valence-corrected chi connectivity index (χ4v) is 3.74. The fraction of sp³-hybridized carbons (Fsp3) is 0.235. The average molecular weight is 317 g/mol. The minimum absolute atomic E-state index is 0.280. The summed E-state index contributed by atoms with van der Waals surface area (Å²) in [6.45, 7) is 5.52. The molecule has 0 bridgehead atoms. The number of aryl methyl sites for hydroxylation is 3. The van der Waals surface area contributed by atoms with Gasteiger partial charge in [0.05, 0.1) is 12.0 Å². The van der Waals surface area contributed by atoms with Gasteiger partial charge in [-0.25, -0.2) is 0 Å². The summed E-state index contributed by atoms with van der Waals surface area (Å²) in [6.07, 6.45) is 1.35. The van der Waals surface area contributed by atoms with Crippen LogP contribution in [-0.2, 0) is 10.0 Å². The van der Waals surface area contributed by atoms with Crippen molar-refractivity contribution in [1.29, 1.82) is 0 Å². The maximum atomic E-state index is 12.5. The van der Waals surface area contributed by atoms with E-state index in [1.807, 2.05) is 19.1 Å². The Morgan fingerprint density at radius 2 is 1.55 bits per heavy atom. The van der Waals surface area contributed by atoms with Gasteiger partial charge in [0, 0.05) is 6.21 Å². The smallest absolute Gasteiger partial charge is 0.282 e. The van der Waals surface area contributed by atoms with Crippen molar-refractivity contribution in [2.75, 3.05) is 7.11 Å². The summed E-state index contributed by atoms with van der Waals surface area (Å²) in [6, 6.07) is 10.7. The summed E-state index contributed by atoms with van der Waals surface area (Å²) in [5.74, 6) is 0.713. The molecular formula is C17H19NO3S. The molecule has 5 heteroatoms. The SMILES string of the molecule is COc1ccc(/C=N\S(=O)(=O)c2c(C)cc(C)cc2C)cc1. The number of hydrogen-bond donors (Lipinski definition) is 0. The summed E-state index contributed by atoms with van der Waals surface area (Å²) in [7, 11) is -2.13. The lowest BCUT2D eigenvalue weighted by Gasteiger charge is -2.08. The fourth-order valence-electron chi connectivity index (χ4n) is 2.45. The van der Waals surface area contributed by atoms with Crippen LogP contribution in [0.3, 0.4) is 0 Å². The minimum Gasteiger partial charge on any atom is -0.497 e. The molecule has 0 radical (unpaired) electrons. The minimum atomic E-state index is -3.71. The second-order valence-electron chi connectivity index (χ2n) is 5.21. The van der Waals surface area contributed by atoms with Gasteiger partial charge < -0.3 is 4.74 Å². The number of benzene rings is 2. The number of hydrogen-bond acceptors (Lipinski definition) is 3. The van der Waals surface area contributed by atoms with Gasteiger partial charge in [0.25, 0.3) is 10.0 Å². The molecule has 0 aliphatic carbocycles. The molecular weight excluding hydrogens is 298 g/mol. The van der Waals surface area contributed by atoms with Crippen molar-refractivity contribution in [3.63, 3.8) is 0 Å². The van der Waals surface area contributed by atoms with Crippen LogP contribution in [0, 0.1) is 20.8 Å². The summed E-state index contributed by atoms with van der Waals surface area (Å²) in [4.78, 5) is 0.280. The second kappa shape index (κ2) is 6.32. The van der Waals surface area contributed by atoms with Crippen molar-refractivity contribution in [3.05, 3.63) is 58.7 Å². The van der Waals surface area contributed by atoms with Crippen LogP contribution in [0.15, 0.2) is 45.7 Å². The van der Waals surface area contributed by atoms with E-state index in [0.717, 1.165) is 5.56 Å². The number of ether oxygens (including phenoxy) is 1. The van der Waals surface area contributed by atoms with Crippen molar-refractivity contribution < 1.29 is 13.2 Å². The molecule has 0 saturated heterocycles. The van der Waals surface area contributed by atoms with Gasteiger partial charge in [0.1, 0.15) is 5.75 Å². The van der Waals surface area contributed by atoms with Crippen LogP contribution in [0.5, 0.6) is 5.75 Å². The molecule has 2 aromatic rings. The molecule has 116 valence electrons. The lowest BCUT2D eigenvalue weighted by Crippen LogP contribution is -2.04. The number of rotatable bonds is 4. The zero-order valence-electron chi connectivity index (χ0n) is 13.1. The van der Waals surface area contributed by atoms with Crippen molar-refractivity contribution >= 4 is 16.2 Å². The van der Waals surface area contributed by atoms with E-state index >= 15 is 0 Å². The Morgan fingerprint density at radius 1 is 1.00 bits per heavy atom. The third-order valence-corrected chi connectivity index (χ3v) is 4.86. The molecule has 0 aromatic heterocycles. The predicted molar refractivity (Wildman–Crippen MR) is 88.4 cm³/mol. The summed E-state index contributed by atoms with van der Waals surface area (Å²) < 4.78 is 33.8. The monoisotopic (exact) mass is 317 g/mol. The molecule has 0 unspecified atom stereocenters. The maximum Gasteiger partial charge on any atom is 0.282 e. The molecule has 0 fully saturated rings. The highest BCUT2D eigenvalue weighted by molar-refractivity contribution is 7.90. The molecule has 0 spiro atoms. The number of methoxy groups -OCH3 is 1. The molecule has 2 aromatic carbocycles. The molecule has 0 aliphatic rings. The molecule has 22 heavy (non-hydrogen) atoms. The average Bonchev–Trinajstić information content (AvgIpc) is 2.44. The van der Waals surface area contributed by atoms with Gasteiger partial charge in [-0.1, -0.05) is 17.7 Å². The van der Waals surface area contributed by atoms with Crippen LogP contribution in [0.25, 0.3) is 0 Å². The zero-order valence-corrected chi connectivity index (χ0v) is 13.9. The maximum absolute atomic E-state index is 12.5. The first-order valence-electron chi connectivity index (χ1n) is 6.86. The quantitative estimate of drug-likeness (QED) is 0.812. The largest absolute Gasteiger partial charge is 0.497 e. The van der Waals surface area contributed by atoms with E-state index in [1.54, 1.807) is 45.2 Å². The van der Waals surface area contributed by atoms with Gasteiger partial charge in [-0.3, -0.25) is 0 Å². The van der Waals surface area contributed by atoms with E-state index in [2.05, 4.69) is 4.40 Å².